The van der Waals surface area contributed by atoms with Crippen LogP contribution in [0.4, 0.5) is 10.3 Å². The fraction of sp³-hybridized carbons (Fsp3) is 0.200. The van der Waals surface area contributed by atoms with Gasteiger partial charge >= 0.3 is 0 Å². The zero-order valence-corrected chi connectivity index (χ0v) is 15.4. The number of nitrogens with zero attached hydrogens (tertiary/aromatic N) is 5. The van der Waals surface area contributed by atoms with E-state index in [1.165, 1.54) is 17.0 Å². The van der Waals surface area contributed by atoms with Crippen molar-refractivity contribution in [2.24, 2.45) is 0 Å². The minimum Gasteiger partial charge on any atom is -0.347 e. The van der Waals surface area contributed by atoms with Crippen LogP contribution in [0.3, 0.4) is 0 Å². The molecule has 1 aromatic carbocycles. The zero-order chi connectivity index (χ0) is 19.4. The van der Waals surface area contributed by atoms with Crippen molar-refractivity contribution in [1.29, 1.82) is 0 Å². The predicted molar refractivity (Wildman–Crippen MR) is 102 cm³/mol. The van der Waals surface area contributed by atoms with Crippen LogP contribution < -0.4 is 4.90 Å². The Morgan fingerprint density at radius 1 is 1.07 bits per heavy atom. The van der Waals surface area contributed by atoms with Crippen LogP contribution in [0.2, 0.25) is 0 Å². The Morgan fingerprint density at radius 3 is 2.44 bits per heavy atom. The van der Waals surface area contributed by atoms with Gasteiger partial charge < -0.3 is 9.80 Å². The monoisotopic (exact) mass is 365 g/mol. The van der Waals surface area contributed by atoms with Gasteiger partial charge in [-0.1, -0.05) is 12.1 Å². The van der Waals surface area contributed by atoms with Crippen LogP contribution in [0, 0.1) is 5.82 Å². The molecule has 0 aliphatic carbocycles. The molecule has 6 nitrogen and oxygen atoms in total. The number of anilines is 1. The Morgan fingerprint density at radius 2 is 1.78 bits per heavy atom. The smallest absolute Gasteiger partial charge is 0.256 e. The van der Waals surface area contributed by atoms with E-state index >= 15 is 0 Å². The third-order valence-corrected chi connectivity index (χ3v) is 4.08. The lowest BCUT2D eigenvalue weighted by Gasteiger charge is -2.20. The van der Waals surface area contributed by atoms with Crippen molar-refractivity contribution in [2.45, 2.75) is 6.54 Å². The summed E-state index contributed by atoms with van der Waals surface area (Å²) in [6.07, 6.45) is 5.11. The summed E-state index contributed by atoms with van der Waals surface area (Å²) < 4.78 is 14.0. The second kappa shape index (κ2) is 7.90. The van der Waals surface area contributed by atoms with Crippen molar-refractivity contribution in [3.8, 4) is 11.1 Å². The number of rotatable bonds is 5. The molecule has 0 saturated heterocycles. The summed E-state index contributed by atoms with van der Waals surface area (Å²) in [5.74, 6) is -0.409. The van der Waals surface area contributed by atoms with Gasteiger partial charge in [0.2, 0.25) is 5.95 Å². The number of hydrogen-bond donors (Lipinski definition) is 0. The molecule has 0 bridgehead atoms. The van der Waals surface area contributed by atoms with Crippen molar-refractivity contribution >= 4 is 11.9 Å². The fourth-order valence-corrected chi connectivity index (χ4v) is 2.65. The lowest BCUT2D eigenvalue weighted by atomic mass is 10.1. The summed E-state index contributed by atoms with van der Waals surface area (Å²) >= 11 is 0. The largest absolute Gasteiger partial charge is 0.347 e. The summed E-state index contributed by atoms with van der Waals surface area (Å²) in [5, 5.41) is 0. The molecular formula is C20H20FN5O. The van der Waals surface area contributed by atoms with Gasteiger partial charge in [-0.25, -0.2) is 14.4 Å². The molecule has 3 rings (SSSR count). The van der Waals surface area contributed by atoms with Crippen molar-refractivity contribution < 1.29 is 9.18 Å². The van der Waals surface area contributed by atoms with Crippen molar-refractivity contribution in [3.05, 3.63) is 72.1 Å². The molecule has 138 valence electrons. The number of carbonyl (C=O) groups excluding carboxylic acids is 1. The molecular weight excluding hydrogens is 345 g/mol. The van der Waals surface area contributed by atoms with E-state index < -0.39 is 11.7 Å². The minimum absolute atomic E-state index is 0.0346. The van der Waals surface area contributed by atoms with Gasteiger partial charge in [0.05, 0.1) is 17.8 Å². The maximum absolute atomic E-state index is 14.0. The average Bonchev–Trinajstić information content (AvgIpc) is 2.68. The number of halogens is 1. The second-order valence-electron chi connectivity index (χ2n) is 6.30. The third kappa shape index (κ3) is 4.08. The van der Waals surface area contributed by atoms with Gasteiger partial charge in [-0.15, -0.1) is 0 Å². The molecule has 0 saturated carbocycles. The van der Waals surface area contributed by atoms with Crippen LogP contribution in [0.5, 0.6) is 0 Å². The number of aromatic nitrogens is 3. The molecule has 0 aliphatic heterocycles. The van der Waals surface area contributed by atoms with E-state index in [1.807, 2.05) is 26.2 Å². The number of hydrogen-bond acceptors (Lipinski definition) is 5. The number of carbonyl (C=O) groups is 1. The highest BCUT2D eigenvalue weighted by Gasteiger charge is 2.19. The van der Waals surface area contributed by atoms with Crippen LogP contribution in [0.1, 0.15) is 16.1 Å². The maximum atomic E-state index is 14.0. The summed E-state index contributed by atoms with van der Waals surface area (Å²) in [6, 6.07) is 9.66. The van der Waals surface area contributed by atoms with Crippen molar-refractivity contribution in [2.75, 3.05) is 26.0 Å². The summed E-state index contributed by atoms with van der Waals surface area (Å²) in [5.41, 5.74) is 2.41. The van der Waals surface area contributed by atoms with E-state index in [2.05, 4.69) is 15.0 Å². The van der Waals surface area contributed by atoms with Crippen LogP contribution in [-0.4, -0.2) is 46.9 Å². The number of pyridine rings is 1. The fourth-order valence-electron chi connectivity index (χ4n) is 2.65. The Labute approximate surface area is 157 Å². The first-order chi connectivity index (χ1) is 13.0. The highest BCUT2D eigenvalue weighted by molar-refractivity contribution is 5.94. The van der Waals surface area contributed by atoms with Gasteiger partial charge in [0, 0.05) is 45.3 Å². The quantitative estimate of drug-likeness (QED) is 0.696. The van der Waals surface area contributed by atoms with E-state index in [4.69, 9.17) is 0 Å². The summed E-state index contributed by atoms with van der Waals surface area (Å²) in [6.45, 7) is 0.216. The second-order valence-corrected chi connectivity index (χ2v) is 6.30. The van der Waals surface area contributed by atoms with Crippen LogP contribution >= 0.6 is 0 Å². The Bertz CT molecular complexity index is 946. The van der Waals surface area contributed by atoms with Gasteiger partial charge in [0.1, 0.15) is 5.82 Å². The molecule has 0 fully saturated rings. The molecule has 2 heterocycles. The summed E-state index contributed by atoms with van der Waals surface area (Å²) in [7, 11) is 5.32. The molecule has 1 amide bonds. The summed E-state index contributed by atoms with van der Waals surface area (Å²) in [4.78, 5) is 28.9. The first-order valence-electron chi connectivity index (χ1n) is 8.41. The average molecular weight is 365 g/mol. The van der Waals surface area contributed by atoms with Gasteiger partial charge in [-0.2, -0.15) is 0 Å². The molecule has 0 atom stereocenters. The molecule has 0 N–H and O–H groups in total. The SMILES string of the molecule is CN(Cc1nc(N(C)C)ncc1-c1ccncc1)C(=O)c1ccccc1F. The molecule has 0 aliphatic rings. The van der Waals surface area contributed by atoms with E-state index in [9.17, 15) is 9.18 Å². The van der Waals surface area contributed by atoms with Crippen molar-refractivity contribution in [1.82, 2.24) is 19.9 Å². The standard InChI is InChI=1S/C20H20FN5O/c1-25(2)20-23-12-16(14-8-10-22-11-9-14)18(24-20)13-26(3)19(27)15-6-4-5-7-17(15)21/h4-12H,13H2,1-3H3. The minimum atomic E-state index is -0.541. The Kier molecular flexibility index (Phi) is 5.40. The highest BCUT2D eigenvalue weighted by atomic mass is 19.1. The van der Waals surface area contributed by atoms with E-state index in [-0.39, 0.29) is 12.1 Å². The van der Waals surface area contributed by atoms with Gasteiger partial charge in [0.25, 0.3) is 5.91 Å². The van der Waals surface area contributed by atoms with Gasteiger partial charge in [-0.3, -0.25) is 9.78 Å². The number of amides is 1. The Hall–Kier alpha value is -3.35. The first-order valence-corrected chi connectivity index (χ1v) is 8.41. The highest BCUT2D eigenvalue weighted by Crippen LogP contribution is 2.24. The lowest BCUT2D eigenvalue weighted by molar-refractivity contribution is 0.0779. The van der Waals surface area contributed by atoms with E-state index in [1.54, 1.807) is 42.7 Å². The molecule has 2 aromatic heterocycles. The van der Waals surface area contributed by atoms with E-state index in [0.29, 0.717) is 11.6 Å². The lowest BCUT2D eigenvalue weighted by Crippen LogP contribution is -2.28. The molecule has 7 heteroatoms. The predicted octanol–water partition coefficient (Wildman–Crippen LogP) is 3.02. The third-order valence-electron chi connectivity index (χ3n) is 4.08. The molecule has 3 aromatic rings. The van der Waals surface area contributed by atoms with Gasteiger partial charge in [-0.05, 0) is 29.8 Å². The molecule has 0 unspecified atom stereocenters. The molecule has 0 spiro atoms. The van der Waals surface area contributed by atoms with Crippen LogP contribution in [-0.2, 0) is 6.54 Å². The number of benzene rings is 1. The zero-order valence-electron chi connectivity index (χ0n) is 15.4. The first kappa shape index (κ1) is 18.4. The maximum Gasteiger partial charge on any atom is 0.256 e. The van der Waals surface area contributed by atoms with Crippen molar-refractivity contribution in [3.63, 3.8) is 0 Å². The molecule has 27 heavy (non-hydrogen) atoms. The normalized spacial score (nSPS) is 10.5. The van der Waals surface area contributed by atoms with Crippen LogP contribution in [0.25, 0.3) is 11.1 Å². The van der Waals surface area contributed by atoms with E-state index in [0.717, 1.165) is 11.1 Å². The van der Waals surface area contributed by atoms with Gasteiger partial charge in [0.15, 0.2) is 0 Å². The topological polar surface area (TPSA) is 62.2 Å². The van der Waals surface area contributed by atoms with Crippen LogP contribution in [0.15, 0.2) is 55.0 Å². The Balaban J connectivity index is 1.96. The molecule has 0 radical (unpaired) electrons.